The summed E-state index contributed by atoms with van der Waals surface area (Å²) in [6.07, 6.45) is 5.01. The van der Waals surface area contributed by atoms with E-state index in [1.54, 1.807) is 0 Å². The highest BCUT2D eigenvalue weighted by Crippen LogP contribution is 2.17. The van der Waals surface area contributed by atoms with E-state index >= 15 is 0 Å². The van der Waals surface area contributed by atoms with E-state index in [1.165, 1.54) is 37.0 Å². The predicted octanol–water partition coefficient (Wildman–Crippen LogP) is 2.51. The van der Waals surface area contributed by atoms with Crippen LogP contribution in [-0.4, -0.2) is 12.6 Å². The Labute approximate surface area is 84.3 Å². The molecule has 1 aromatic carbocycles. The predicted molar refractivity (Wildman–Crippen MR) is 55.7 cm³/mol. The lowest BCUT2D eigenvalue weighted by molar-refractivity contribution is 0.342. The van der Waals surface area contributed by atoms with Gasteiger partial charge in [0, 0.05) is 6.04 Å². The maximum Gasteiger partial charge on any atom is 0.123 e. The molecule has 76 valence electrons. The molecule has 0 bridgehead atoms. The fraction of sp³-hybridized carbons (Fsp3) is 0.500. The van der Waals surface area contributed by atoms with Gasteiger partial charge in [-0.15, -0.1) is 0 Å². The molecule has 2 rings (SSSR count). The van der Waals surface area contributed by atoms with Gasteiger partial charge in [0.15, 0.2) is 0 Å². The van der Waals surface area contributed by atoms with E-state index in [4.69, 9.17) is 0 Å². The second kappa shape index (κ2) is 4.56. The molecule has 0 unspecified atom stereocenters. The van der Waals surface area contributed by atoms with E-state index in [0.717, 1.165) is 19.0 Å². The fourth-order valence-electron chi connectivity index (χ4n) is 1.68. The second-order valence-corrected chi connectivity index (χ2v) is 3.96. The van der Waals surface area contributed by atoms with Gasteiger partial charge in [-0.05, 0) is 43.5 Å². The minimum atomic E-state index is -0.152. The van der Waals surface area contributed by atoms with Crippen LogP contribution in [0.4, 0.5) is 4.39 Å². The average molecular weight is 193 g/mol. The van der Waals surface area contributed by atoms with Crippen molar-refractivity contribution in [3.05, 3.63) is 35.6 Å². The van der Waals surface area contributed by atoms with Gasteiger partial charge >= 0.3 is 0 Å². The largest absolute Gasteiger partial charge is 0.314 e. The Bertz CT molecular complexity index is 277. The normalized spacial score (nSPS) is 16.6. The van der Waals surface area contributed by atoms with E-state index in [0.29, 0.717) is 0 Å². The molecule has 0 spiro atoms. The standard InChI is InChI=1S/C12H16FN/c13-11-6-4-10(5-7-11)8-9-14-12-2-1-3-12/h4-7,12,14H,1-3,8-9H2. The van der Waals surface area contributed by atoms with E-state index in [2.05, 4.69) is 5.32 Å². The smallest absolute Gasteiger partial charge is 0.123 e. The molecule has 0 aromatic heterocycles. The summed E-state index contributed by atoms with van der Waals surface area (Å²) in [6.45, 7) is 1.01. The molecule has 2 heteroatoms. The first-order valence-corrected chi connectivity index (χ1v) is 5.32. The number of hydrogen-bond donors (Lipinski definition) is 1. The van der Waals surface area contributed by atoms with Gasteiger partial charge in [0.2, 0.25) is 0 Å². The molecule has 1 aliphatic rings. The van der Waals surface area contributed by atoms with Crippen molar-refractivity contribution < 1.29 is 4.39 Å². The average Bonchev–Trinajstić information content (AvgIpc) is 2.12. The minimum absolute atomic E-state index is 0.152. The second-order valence-electron chi connectivity index (χ2n) is 3.96. The van der Waals surface area contributed by atoms with Crippen molar-refractivity contribution in [2.24, 2.45) is 0 Å². The topological polar surface area (TPSA) is 12.0 Å². The zero-order chi connectivity index (χ0) is 9.80. The van der Waals surface area contributed by atoms with Crippen LogP contribution in [0.25, 0.3) is 0 Å². The number of hydrogen-bond acceptors (Lipinski definition) is 1. The molecule has 0 heterocycles. The lowest BCUT2D eigenvalue weighted by Crippen LogP contribution is -2.36. The first-order chi connectivity index (χ1) is 6.84. The summed E-state index contributed by atoms with van der Waals surface area (Å²) in [5.41, 5.74) is 1.21. The Morgan fingerprint density at radius 2 is 1.93 bits per heavy atom. The van der Waals surface area contributed by atoms with Crippen molar-refractivity contribution in [1.29, 1.82) is 0 Å². The van der Waals surface area contributed by atoms with Crippen molar-refractivity contribution in [2.75, 3.05) is 6.54 Å². The Hall–Kier alpha value is -0.890. The fourth-order valence-corrected chi connectivity index (χ4v) is 1.68. The van der Waals surface area contributed by atoms with Gasteiger partial charge < -0.3 is 5.32 Å². The zero-order valence-electron chi connectivity index (χ0n) is 8.30. The first-order valence-electron chi connectivity index (χ1n) is 5.32. The maximum absolute atomic E-state index is 12.6. The van der Waals surface area contributed by atoms with Crippen LogP contribution in [0.5, 0.6) is 0 Å². The van der Waals surface area contributed by atoms with Crippen LogP contribution < -0.4 is 5.32 Å². The molecule has 1 aliphatic carbocycles. The van der Waals surface area contributed by atoms with Crippen molar-refractivity contribution in [2.45, 2.75) is 31.7 Å². The molecule has 1 N–H and O–H groups in total. The van der Waals surface area contributed by atoms with Gasteiger partial charge in [-0.3, -0.25) is 0 Å². The Morgan fingerprint density at radius 3 is 2.50 bits per heavy atom. The number of nitrogens with one attached hydrogen (secondary N) is 1. The summed E-state index contributed by atoms with van der Waals surface area (Å²) in [7, 11) is 0. The van der Waals surface area contributed by atoms with Crippen molar-refractivity contribution in [3.63, 3.8) is 0 Å². The van der Waals surface area contributed by atoms with Crippen LogP contribution in [0.3, 0.4) is 0 Å². The van der Waals surface area contributed by atoms with Gasteiger partial charge in [0.25, 0.3) is 0 Å². The number of benzene rings is 1. The lowest BCUT2D eigenvalue weighted by Gasteiger charge is -2.26. The third-order valence-corrected chi connectivity index (χ3v) is 2.87. The molecule has 0 atom stereocenters. The van der Waals surface area contributed by atoms with Crippen LogP contribution >= 0.6 is 0 Å². The van der Waals surface area contributed by atoms with Crippen LogP contribution in [0.1, 0.15) is 24.8 Å². The van der Waals surface area contributed by atoms with Crippen LogP contribution in [0.2, 0.25) is 0 Å². The first kappa shape index (κ1) is 9.66. The van der Waals surface area contributed by atoms with Gasteiger partial charge in [-0.25, -0.2) is 4.39 Å². The molecule has 14 heavy (non-hydrogen) atoms. The Balaban J connectivity index is 1.71. The minimum Gasteiger partial charge on any atom is -0.314 e. The van der Waals surface area contributed by atoms with Crippen LogP contribution in [0.15, 0.2) is 24.3 Å². The molecule has 0 amide bonds. The summed E-state index contributed by atoms with van der Waals surface area (Å²) in [5.74, 6) is -0.152. The van der Waals surface area contributed by atoms with Gasteiger partial charge in [-0.2, -0.15) is 0 Å². The van der Waals surface area contributed by atoms with Crippen LogP contribution in [-0.2, 0) is 6.42 Å². The number of rotatable bonds is 4. The summed E-state index contributed by atoms with van der Waals surface area (Å²) in [4.78, 5) is 0. The summed E-state index contributed by atoms with van der Waals surface area (Å²) >= 11 is 0. The molecule has 1 aromatic rings. The van der Waals surface area contributed by atoms with E-state index in [-0.39, 0.29) is 5.82 Å². The van der Waals surface area contributed by atoms with E-state index in [1.807, 2.05) is 12.1 Å². The van der Waals surface area contributed by atoms with Crippen molar-refractivity contribution in [1.82, 2.24) is 5.32 Å². The van der Waals surface area contributed by atoms with E-state index in [9.17, 15) is 4.39 Å². The molecule has 0 saturated heterocycles. The summed E-state index contributed by atoms with van der Waals surface area (Å²) < 4.78 is 12.6. The molecule has 1 fully saturated rings. The number of halogens is 1. The van der Waals surface area contributed by atoms with E-state index < -0.39 is 0 Å². The molecule has 0 aliphatic heterocycles. The lowest BCUT2D eigenvalue weighted by atomic mass is 9.93. The third kappa shape index (κ3) is 2.55. The highest BCUT2D eigenvalue weighted by molar-refractivity contribution is 5.16. The molecule has 1 nitrogen and oxygen atoms in total. The molecular formula is C12H16FN. The molecular weight excluding hydrogens is 177 g/mol. The summed E-state index contributed by atoms with van der Waals surface area (Å²) in [6, 6.07) is 7.52. The van der Waals surface area contributed by atoms with Gasteiger partial charge in [0.05, 0.1) is 0 Å². The Morgan fingerprint density at radius 1 is 1.21 bits per heavy atom. The SMILES string of the molecule is Fc1ccc(CCNC2CCC2)cc1. The Kier molecular flexibility index (Phi) is 3.14. The van der Waals surface area contributed by atoms with Gasteiger partial charge in [0.1, 0.15) is 5.82 Å². The zero-order valence-corrected chi connectivity index (χ0v) is 8.30. The highest BCUT2D eigenvalue weighted by atomic mass is 19.1. The summed E-state index contributed by atoms with van der Waals surface area (Å²) in [5, 5.41) is 3.49. The van der Waals surface area contributed by atoms with Gasteiger partial charge in [-0.1, -0.05) is 18.6 Å². The van der Waals surface area contributed by atoms with Crippen molar-refractivity contribution in [3.8, 4) is 0 Å². The molecule has 1 saturated carbocycles. The maximum atomic E-state index is 12.6. The van der Waals surface area contributed by atoms with Crippen LogP contribution in [0, 0.1) is 5.82 Å². The third-order valence-electron chi connectivity index (χ3n) is 2.87. The molecule has 0 radical (unpaired) electrons. The monoisotopic (exact) mass is 193 g/mol. The van der Waals surface area contributed by atoms with Crippen molar-refractivity contribution >= 4 is 0 Å². The highest BCUT2D eigenvalue weighted by Gasteiger charge is 2.15. The quantitative estimate of drug-likeness (QED) is 0.774.